The Morgan fingerprint density at radius 3 is 2.76 bits per heavy atom. The molecule has 8 rings (SSSR count). The van der Waals surface area contributed by atoms with Gasteiger partial charge in [0, 0.05) is 23.8 Å². The van der Waals surface area contributed by atoms with Crippen molar-refractivity contribution in [2.45, 2.75) is 42.2 Å². The maximum absolute atomic E-state index is 14.2. The lowest BCUT2D eigenvalue weighted by Crippen LogP contribution is -2.83. The van der Waals surface area contributed by atoms with E-state index in [1.54, 1.807) is 24.4 Å². The molecular weight excluding hydrogens is 488 g/mol. The molecule has 5 atom stereocenters. The van der Waals surface area contributed by atoms with Crippen molar-refractivity contribution in [3.8, 4) is 6.07 Å². The first-order chi connectivity index (χ1) is 17.9. The molecule has 4 heterocycles. The van der Waals surface area contributed by atoms with Gasteiger partial charge < -0.3 is 14.9 Å². The number of ether oxygens (including phenoxy) is 1. The molecule has 9 heteroatoms. The zero-order valence-electron chi connectivity index (χ0n) is 20.4. The molecule has 3 spiro atoms. The van der Waals surface area contributed by atoms with E-state index in [0.29, 0.717) is 36.0 Å². The van der Waals surface area contributed by atoms with Crippen molar-refractivity contribution in [3.63, 3.8) is 0 Å². The fraction of sp³-hybridized carbons (Fsp3) is 0.429. The molecule has 3 fully saturated rings. The van der Waals surface area contributed by atoms with Crippen molar-refractivity contribution in [1.29, 1.82) is 5.26 Å². The third-order valence-corrected chi connectivity index (χ3v) is 10.1. The first-order valence-corrected chi connectivity index (χ1v) is 13.1. The second-order valence-electron chi connectivity index (χ2n) is 10.8. The van der Waals surface area contributed by atoms with Gasteiger partial charge in [0.2, 0.25) is 0 Å². The van der Waals surface area contributed by atoms with E-state index in [-0.39, 0.29) is 0 Å². The fourth-order valence-corrected chi connectivity index (χ4v) is 8.97. The normalized spacial score (nSPS) is 36.3. The molecule has 1 saturated carbocycles. The topological polar surface area (TPSA) is 96.6 Å². The Bertz CT molecular complexity index is 1510. The van der Waals surface area contributed by atoms with Gasteiger partial charge in [-0.15, -0.1) is 0 Å². The van der Waals surface area contributed by atoms with Crippen molar-refractivity contribution >= 4 is 29.8 Å². The van der Waals surface area contributed by atoms with Gasteiger partial charge in [0.1, 0.15) is 10.2 Å². The summed E-state index contributed by atoms with van der Waals surface area (Å²) in [5.41, 5.74) is -1.44. The van der Waals surface area contributed by atoms with E-state index >= 15 is 0 Å². The second kappa shape index (κ2) is 7.30. The van der Waals surface area contributed by atoms with Crippen LogP contribution in [0.25, 0.3) is 0 Å². The van der Waals surface area contributed by atoms with Gasteiger partial charge in [-0.1, -0.05) is 42.6 Å². The van der Waals surface area contributed by atoms with Crippen molar-refractivity contribution in [2.75, 3.05) is 25.5 Å². The molecule has 3 aliphatic carbocycles. The van der Waals surface area contributed by atoms with Crippen LogP contribution in [0.1, 0.15) is 31.2 Å². The van der Waals surface area contributed by atoms with E-state index in [4.69, 9.17) is 21.8 Å². The molecule has 3 aliphatic heterocycles. The second-order valence-corrected chi connectivity index (χ2v) is 11.2. The van der Waals surface area contributed by atoms with Crippen molar-refractivity contribution in [3.05, 3.63) is 70.5 Å². The fourth-order valence-electron chi connectivity index (χ4n) is 8.79. The first kappa shape index (κ1) is 22.7. The van der Waals surface area contributed by atoms with Crippen LogP contribution in [-0.4, -0.2) is 52.8 Å². The number of hydrogen-bond acceptors (Lipinski definition) is 8. The summed E-state index contributed by atoms with van der Waals surface area (Å²) in [6.45, 7) is 1.52. The molecule has 2 saturated heterocycles. The molecule has 0 radical (unpaired) electrons. The Morgan fingerprint density at radius 2 is 1.97 bits per heavy atom. The van der Waals surface area contributed by atoms with Crippen LogP contribution in [0.5, 0.6) is 0 Å². The molecule has 0 amide bonds. The Hall–Kier alpha value is -3.48. The van der Waals surface area contributed by atoms with Gasteiger partial charge in [0.25, 0.3) is 0 Å². The number of rotatable bonds is 3. The number of benzene rings is 1. The third kappa shape index (κ3) is 2.31. The average Bonchev–Trinajstić information content (AvgIpc) is 3.43. The minimum absolute atomic E-state index is 0.365. The highest BCUT2D eigenvalue weighted by atomic mass is 32.1. The number of nitrogens with zero attached hydrogens (tertiary/aromatic N) is 3. The van der Waals surface area contributed by atoms with E-state index in [9.17, 15) is 14.9 Å². The Morgan fingerprint density at radius 1 is 1.16 bits per heavy atom. The van der Waals surface area contributed by atoms with Gasteiger partial charge in [-0.3, -0.25) is 4.90 Å². The van der Waals surface area contributed by atoms with Gasteiger partial charge in [0.05, 0.1) is 35.6 Å². The van der Waals surface area contributed by atoms with Crippen LogP contribution >= 0.6 is 12.2 Å². The van der Waals surface area contributed by atoms with E-state index in [1.165, 1.54) is 11.8 Å². The summed E-state index contributed by atoms with van der Waals surface area (Å²) in [6.07, 6.45) is 6.19. The van der Waals surface area contributed by atoms with Crippen molar-refractivity contribution in [1.82, 2.24) is 9.63 Å². The van der Waals surface area contributed by atoms with Crippen LogP contribution < -0.4 is 10.2 Å². The number of pyridine rings is 1. The SMILES string of the molecule is COC(=O)C1=C[C@@]23CCCN4CC[C@@]5(c6ccccc6N[C@]15C(C(=O)On1ccccc1=S)C2)[C@@]43C#N. The zero-order chi connectivity index (χ0) is 25.6. The number of carbonyl (C=O) groups excluding carboxylic acids is 2. The van der Waals surface area contributed by atoms with Crippen molar-refractivity contribution in [2.24, 2.45) is 11.3 Å². The van der Waals surface area contributed by atoms with Gasteiger partial charge >= 0.3 is 11.9 Å². The molecule has 2 aromatic rings. The summed E-state index contributed by atoms with van der Waals surface area (Å²) < 4.78 is 7.00. The Balaban J connectivity index is 1.54. The average molecular weight is 515 g/mol. The molecule has 188 valence electrons. The number of piperidine rings is 1. The molecule has 1 aromatic heterocycles. The summed E-state index contributed by atoms with van der Waals surface area (Å²) in [5, 5.41) is 14.8. The molecule has 37 heavy (non-hydrogen) atoms. The van der Waals surface area contributed by atoms with E-state index < -0.39 is 39.8 Å². The highest BCUT2D eigenvalue weighted by molar-refractivity contribution is 7.71. The number of nitriles is 1. The van der Waals surface area contributed by atoms with Crippen LogP contribution in [0.3, 0.4) is 0 Å². The molecule has 1 aromatic carbocycles. The van der Waals surface area contributed by atoms with Crippen LogP contribution in [0.4, 0.5) is 5.69 Å². The molecule has 8 nitrogen and oxygen atoms in total. The van der Waals surface area contributed by atoms with Gasteiger partial charge in [-0.05, 0) is 56.0 Å². The molecule has 6 aliphatic rings. The number of fused-ring (bicyclic) bond motifs is 2. The maximum Gasteiger partial charge on any atom is 0.338 e. The minimum Gasteiger partial charge on any atom is -0.466 e. The lowest BCUT2D eigenvalue weighted by atomic mass is 9.34. The number of anilines is 1. The van der Waals surface area contributed by atoms with Crippen molar-refractivity contribution < 1.29 is 19.2 Å². The van der Waals surface area contributed by atoms with Gasteiger partial charge in [-0.25, -0.2) is 9.59 Å². The lowest BCUT2D eigenvalue weighted by Gasteiger charge is -2.70. The summed E-state index contributed by atoms with van der Waals surface area (Å²) in [7, 11) is 1.37. The number of aromatic nitrogens is 1. The van der Waals surface area contributed by atoms with Crippen LogP contribution in [-0.2, 0) is 19.7 Å². The predicted octanol–water partition coefficient (Wildman–Crippen LogP) is 3.16. The third-order valence-electron chi connectivity index (χ3n) is 9.78. The lowest BCUT2D eigenvalue weighted by molar-refractivity contribution is -0.168. The number of esters is 1. The first-order valence-electron chi connectivity index (χ1n) is 12.7. The van der Waals surface area contributed by atoms with E-state index in [2.05, 4.69) is 16.3 Å². The van der Waals surface area contributed by atoms with E-state index in [0.717, 1.165) is 24.2 Å². The highest BCUT2D eigenvalue weighted by Gasteiger charge is 2.87. The summed E-state index contributed by atoms with van der Waals surface area (Å²) in [4.78, 5) is 36.0. The molecule has 1 unspecified atom stereocenters. The quantitative estimate of drug-likeness (QED) is 0.493. The number of nitrogens with one attached hydrogen (secondary N) is 1. The zero-order valence-corrected chi connectivity index (χ0v) is 21.2. The molecular formula is C28H26N4O4S. The Labute approximate surface area is 219 Å². The monoisotopic (exact) mass is 514 g/mol. The Kier molecular flexibility index (Phi) is 4.48. The summed E-state index contributed by atoms with van der Waals surface area (Å²) in [6, 6.07) is 16.0. The highest BCUT2D eigenvalue weighted by Crippen LogP contribution is 2.78. The number of hydrogen-bond donors (Lipinski definition) is 1. The number of carbonyl (C=O) groups is 2. The number of methoxy groups -OCH3 is 1. The minimum atomic E-state index is -1.21. The number of para-hydroxylation sites is 1. The van der Waals surface area contributed by atoms with Crippen LogP contribution in [0.2, 0.25) is 0 Å². The summed E-state index contributed by atoms with van der Waals surface area (Å²) in [5.74, 6) is -1.71. The van der Waals surface area contributed by atoms with Crippen LogP contribution in [0, 0.1) is 27.3 Å². The maximum atomic E-state index is 14.2. The smallest absolute Gasteiger partial charge is 0.338 e. The van der Waals surface area contributed by atoms with Gasteiger partial charge in [-0.2, -0.15) is 9.99 Å². The summed E-state index contributed by atoms with van der Waals surface area (Å²) >= 11 is 5.38. The van der Waals surface area contributed by atoms with Gasteiger partial charge in [0.15, 0.2) is 0 Å². The molecule has 1 N–H and O–H groups in total. The standard InChI is InChI=1S/C28H26N4O4S/c1-35-23(33)19-15-25-10-6-12-31-14-11-26(27(25,31)17-29)18-7-2-3-8-21(18)30-28(19,26)20(16-25)24(34)36-32-13-5-4-9-22(32)37/h2-5,7-9,13,15,20,30H,6,10-12,14,16H2,1H3/t20?,25-,26+,27-,28-/m0/s1. The molecule has 2 bridgehead atoms. The predicted molar refractivity (Wildman–Crippen MR) is 136 cm³/mol. The van der Waals surface area contributed by atoms with Crippen LogP contribution in [0.15, 0.2) is 60.3 Å². The largest absolute Gasteiger partial charge is 0.466 e. The van der Waals surface area contributed by atoms with E-state index in [1.807, 2.05) is 30.3 Å².